The van der Waals surface area contributed by atoms with E-state index >= 15 is 0 Å². The van der Waals surface area contributed by atoms with Crippen molar-refractivity contribution >= 4 is 23.0 Å². The number of hydrogen-bond acceptors (Lipinski definition) is 4. The summed E-state index contributed by atoms with van der Waals surface area (Å²) < 4.78 is 5.11. The van der Waals surface area contributed by atoms with Gasteiger partial charge in [-0.15, -0.1) is 11.3 Å². The Hall–Kier alpha value is -2.92. The van der Waals surface area contributed by atoms with Crippen LogP contribution < -0.4 is 10.1 Å². The minimum atomic E-state index is -0.0560. The van der Waals surface area contributed by atoms with E-state index in [2.05, 4.69) is 5.32 Å². The minimum absolute atomic E-state index is 0.00593. The minimum Gasteiger partial charge on any atom is -0.497 e. The van der Waals surface area contributed by atoms with Crippen molar-refractivity contribution in [3.63, 3.8) is 0 Å². The largest absolute Gasteiger partial charge is 0.497 e. The second-order valence-electron chi connectivity index (χ2n) is 5.76. The first-order chi connectivity index (χ1) is 12.7. The van der Waals surface area contributed by atoms with E-state index in [1.54, 1.807) is 19.2 Å². The maximum atomic E-state index is 12.4. The Morgan fingerprint density at radius 1 is 0.962 bits per heavy atom. The molecule has 1 aromatic heterocycles. The van der Waals surface area contributed by atoms with Gasteiger partial charge in [0.15, 0.2) is 0 Å². The topological polar surface area (TPSA) is 55.4 Å². The highest BCUT2D eigenvalue weighted by Gasteiger charge is 2.12. The van der Waals surface area contributed by atoms with Crippen LogP contribution in [0.4, 0.5) is 0 Å². The van der Waals surface area contributed by atoms with E-state index in [0.717, 1.165) is 16.2 Å². The lowest BCUT2D eigenvalue weighted by atomic mass is 10.1. The highest BCUT2D eigenvalue weighted by molar-refractivity contribution is 7.14. The molecule has 1 N–H and O–H groups in total. The molecule has 3 aromatic rings. The van der Waals surface area contributed by atoms with Crippen LogP contribution in [-0.2, 0) is 17.8 Å². The molecule has 0 unspecified atom stereocenters. The third-order valence-electron chi connectivity index (χ3n) is 3.90. The van der Waals surface area contributed by atoms with Gasteiger partial charge in [-0.1, -0.05) is 42.5 Å². The first-order valence-electron chi connectivity index (χ1n) is 8.24. The number of carbonyl (C=O) groups excluding carboxylic acids is 2. The number of ether oxygens (including phenoxy) is 1. The van der Waals surface area contributed by atoms with Crippen molar-refractivity contribution in [1.82, 2.24) is 5.32 Å². The number of ketones is 1. The van der Waals surface area contributed by atoms with Gasteiger partial charge in [0.2, 0.25) is 11.7 Å². The maximum Gasteiger partial charge on any atom is 0.224 e. The Labute approximate surface area is 156 Å². The number of thiophene rings is 1. The summed E-state index contributed by atoms with van der Waals surface area (Å²) in [5.74, 6) is 0.717. The highest BCUT2D eigenvalue weighted by atomic mass is 32.1. The van der Waals surface area contributed by atoms with E-state index in [-0.39, 0.29) is 11.7 Å². The molecule has 1 heterocycles. The molecule has 0 bridgehead atoms. The van der Waals surface area contributed by atoms with E-state index in [4.69, 9.17) is 4.74 Å². The van der Waals surface area contributed by atoms with E-state index in [1.807, 2.05) is 54.6 Å². The summed E-state index contributed by atoms with van der Waals surface area (Å²) in [4.78, 5) is 26.1. The van der Waals surface area contributed by atoms with Crippen LogP contribution in [-0.4, -0.2) is 18.8 Å². The van der Waals surface area contributed by atoms with Crippen molar-refractivity contribution in [2.24, 2.45) is 0 Å². The van der Waals surface area contributed by atoms with E-state index in [9.17, 15) is 9.59 Å². The Morgan fingerprint density at radius 3 is 2.38 bits per heavy atom. The van der Waals surface area contributed by atoms with E-state index in [0.29, 0.717) is 23.4 Å². The molecule has 0 spiro atoms. The number of carbonyl (C=O) groups is 2. The van der Waals surface area contributed by atoms with Gasteiger partial charge in [0.1, 0.15) is 5.75 Å². The molecular weight excluding hydrogens is 346 g/mol. The Morgan fingerprint density at radius 2 is 1.69 bits per heavy atom. The van der Waals surface area contributed by atoms with Gasteiger partial charge in [0.05, 0.1) is 25.0 Å². The van der Waals surface area contributed by atoms with Gasteiger partial charge >= 0.3 is 0 Å². The van der Waals surface area contributed by atoms with Crippen LogP contribution in [0.1, 0.15) is 25.7 Å². The third kappa shape index (κ3) is 4.58. The predicted molar refractivity (Wildman–Crippen MR) is 103 cm³/mol. The fourth-order valence-corrected chi connectivity index (χ4v) is 3.41. The van der Waals surface area contributed by atoms with Crippen LogP contribution >= 0.6 is 11.3 Å². The third-order valence-corrected chi connectivity index (χ3v) is 4.99. The standard InChI is InChI=1S/C21H19NO3S/c1-25-17-9-7-15(8-10-17)13-20(23)22-14-18-11-12-19(26-18)21(24)16-5-3-2-4-6-16/h2-12H,13-14H2,1H3,(H,22,23). The SMILES string of the molecule is COc1ccc(CC(=O)NCc2ccc(C(=O)c3ccccc3)s2)cc1. The maximum absolute atomic E-state index is 12.4. The first-order valence-corrected chi connectivity index (χ1v) is 9.05. The van der Waals surface area contributed by atoms with E-state index in [1.165, 1.54) is 11.3 Å². The smallest absolute Gasteiger partial charge is 0.224 e. The molecular formula is C21H19NO3S. The monoisotopic (exact) mass is 365 g/mol. The zero-order valence-electron chi connectivity index (χ0n) is 14.4. The molecule has 0 aliphatic heterocycles. The lowest BCUT2D eigenvalue weighted by Gasteiger charge is -2.05. The molecule has 132 valence electrons. The summed E-state index contributed by atoms with van der Waals surface area (Å²) in [6, 6.07) is 20.3. The lowest BCUT2D eigenvalue weighted by molar-refractivity contribution is -0.120. The Kier molecular flexibility index (Phi) is 5.81. The Balaban J connectivity index is 1.54. The van der Waals surface area contributed by atoms with Gasteiger partial charge in [-0.25, -0.2) is 0 Å². The molecule has 0 radical (unpaired) electrons. The van der Waals surface area contributed by atoms with Crippen LogP contribution in [0.5, 0.6) is 5.75 Å². The number of hydrogen-bond donors (Lipinski definition) is 1. The Bertz CT molecular complexity index is 885. The highest BCUT2D eigenvalue weighted by Crippen LogP contribution is 2.20. The first kappa shape index (κ1) is 17.9. The fourth-order valence-electron chi connectivity index (χ4n) is 2.50. The van der Waals surface area contributed by atoms with Gasteiger partial charge in [0, 0.05) is 10.4 Å². The summed E-state index contributed by atoms with van der Waals surface area (Å²) in [5.41, 5.74) is 1.60. The lowest BCUT2D eigenvalue weighted by Crippen LogP contribution is -2.24. The average Bonchev–Trinajstić information content (AvgIpc) is 3.16. The number of nitrogens with one attached hydrogen (secondary N) is 1. The molecule has 26 heavy (non-hydrogen) atoms. The van der Waals surface area contributed by atoms with Crippen LogP contribution in [0, 0.1) is 0 Å². The molecule has 0 aliphatic rings. The van der Waals surface area contributed by atoms with Gasteiger partial charge < -0.3 is 10.1 Å². The molecule has 0 aliphatic carbocycles. The van der Waals surface area contributed by atoms with Gasteiger partial charge in [-0.05, 0) is 29.8 Å². The van der Waals surface area contributed by atoms with E-state index < -0.39 is 0 Å². The van der Waals surface area contributed by atoms with Crippen molar-refractivity contribution in [3.05, 3.63) is 87.6 Å². The molecule has 0 saturated heterocycles. The fraction of sp³-hybridized carbons (Fsp3) is 0.143. The second kappa shape index (κ2) is 8.45. The van der Waals surface area contributed by atoms with Crippen LogP contribution in [0.15, 0.2) is 66.7 Å². The second-order valence-corrected chi connectivity index (χ2v) is 6.93. The molecule has 5 heteroatoms. The van der Waals surface area contributed by atoms with Crippen molar-refractivity contribution in [2.45, 2.75) is 13.0 Å². The van der Waals surface area contributed by atoms with Gasteiger partial charge in [-0.3, -0.25) is 9.59 Å². The molecule has 0 saturated carbocycles. The number of benzene rings is 2. The van der Waals surface area contributed by atoms with Crippen molar-refractivity contribution in [3.8, 4) is 5.75 Å². The normalized spacial score (nSPS) is 10.3. The molecule has 2 aromatic carbocycles. The predicted octanol–water partition coefficient (Wildman–Crippen LogP) is 3.85. The summed E-state index contributed by atoms with van der Waals surface area (Å²) >= 11 is 1.41. The summed E-state index contributed by atoms with van der Waals surface area (Å²) in [5, 5.41) is 2.90. The molecule has 4 nitrogen and oxygen atoms in total. The van der Waals surface area contributed by atoms with Crippen LogP contribution in [0.3, 0.4) is 0 Å². The zero-order valence-corrected chi connectivity index (χ0v) is 15.2. The van der Waals surface area contributed by atoms with Crippen molar-refractivity contribution in [1.29, 1.82) is 0 Å². The molecule has 0 atom stereocenters. The molecule has 1 amide bonds. The number of rotatable bonds is 7. The number of amides is 1. The zero-order chi connectivity index (χ0) is 18.4. The molecule has 3 rings (SSSR count). The van der Waals surface area contributed by atoms with Gasteiger partial charge in [-0.2, -0.15) is 0 Å². The van der Waals surface area contributed by atoms with Gasteiger partial charge in [0.25, 0.3) is 0 Å². The van der Waals surface area contributed by atoms with Crippen molar-refractivity contribution < 1.29 is 14.3 Å². The van der Waals surface area contributed by atoms with Crippen molar-refractivity contribution in [2.75, 3.05) is 7.11 Å². The van der Waals surface area contributed by atoms with Crippen LogP contribution in [0.2, 0.25) is 0 Å². The average molecular weight is 365 g/mol. The van der Waals surface area contributed by atoms with Crippen LogP contribution in [0.25, 0.3) is 0 Å². The summed E-state index contributed by atoms with van der Waals surface area (Å²) in [6.07, 6.45) is 0.311. The number of methoxy groups -OCH3 is 1. The molecule has 0 fully saturated rings. The quantitative estimate of drug-likeness (QED) is 0.647. The summed E-state index contributed by atoms with van der Waals surface area (Å²) in [6.45, 7) is 0.418. The summed E-state index contributed by atoms with van der Waals surface area (Å²) in [7, 11) is 1.61.